The number of carbonyl (C=O) groups is 1. The van der Waals surface area contributed by atoms with Crippen molar-refractivity contribution in [3.05, 3.63) is 35.9 Å². The maximum absolute atomic E-state index is 10.7. The van der Waals surface area contributed by atoms with Crippen molar-refractivity contribution in [2.24, 2.45) is 0 Å². The molecule has 2 aromatic heterocycles. The van der Waals surface area contributed by atoms with E-state index in [1.807, 2.05) is 35.7 Å². The summed E-state index contributed by atoms with van der Waals surface area (Å²) >= 11 is 0. The fraction of sp³-hybridized carbons (Fsp3) is 0.200. The number of fused-ring (bicyclic) bond motifs is 1. The minimum absolute atomic E-state index is 0.525. The van der Waals surface area contributed by atoms with Gasteiger partial charge in [-0.2, -0.15) is 0 Å². The number of hydrogen-bond donors (Lipinski definition) is 0. The van der Waals surface area contributed by atoms with Crippen LogP contribution < -0.4 is 0 Å². The van der Waals surface area contributed by atoms with Crippen LogP contribution in [0.15, 0.2) is 24.4 Å². The number of nitrogens with zero attached hydrogens (tertiary/aromatic N) is 2. The Morgan fingerprint density at radius 2 is 2.38 bits per heavy atom. The highest BCUT2D eigenvalue weighted by molar-refractivity contribution is 5.83. The molecule has 2 rings (SSSR count). The Balaban J connectivity index is 2.81. The molecule has 2 heterocycles. The Hall–Kier alpha value is -1.64. The van der Waals surface area contributed by atoms with E-state index in [9.17, 15) is 4.79 Å². The number of pyridine rings is 1. The van der Waals surface area contributed by atoms with Crippen molar-refractivity contribution in [1.29, 1.82) is 0 Å². The van der Waals surface area contributed by atoms with E-state index in [1.165, 1.54) is 0 Å². The van der Waals surface area contributed by atoms with Crippen molar-refractivity contribution in [2.75, 3.05) is 0 Å². The summed E-state index contributed by atoms with van der Waals surface area (Å²) in [5, 5.41) is 0. The third-order valence-corrected chi connectivity index (χ3v) is 2.08. The SMILES string of the molecule is CCc1nc(C=O)c2ccccn12. The van der Waals surface area contributed by atoms with Gasteiger partial charge in [-0.25, -0.2) is 4.98 Å². The summed E-state index contributed by atoms with van der Waals surface area (Å²) in [6, 6.07) is 5.74. The molecule has 2 aromatic rings. The lowest BCUT2D eigenvalue weighted by Crippen LogP contribution is -1.90. The average Bonchev–Trinajstić information content (AvgIpc) is 2.56. The van der Waals surface area contributed by atoms with E-state index in [0.29, 0.717) is 5.69 Å². The topological polar surface area (TPSA) is 34.4 Å². The number of hydrogen-bond acceptors (Lipinski definition) is 2. The Morgan fingerprint density at radius 1 is 1.54 bits per heavy atom. The second-order valence-electron chi connectivity index (χ2n) is 2.84. The van der Waals surface area contributed by atoms with E-state index in [4.69, 9.17) is 0 Å². The molecule has 0 amide bonds. The zero-order valence-electron chi connectivity index (χ0n) is 7.40. The van der Waals surface area contributed by atoms with Crippen LogP contribution in [0.3, 0.4) is 0 Å². The van der Waals surface area contributed by atoms with Gasteiger partial charge in [0.1, 0.15) is 11.5 Å². The lowest BCUT2D eigenvalue weighted by atomic mass is 10.3. The van der Waals surface area contributed by atoms with E-state index >= 15 is 0 Å². The van der Waals surface area contributed by atoms with Gasteiger partial charge in [-0.15, -0.1) is 0 Å². The maximum Gasteiger partial charge on any atom is 0.170 e. The fourth-order valence-corrected chi connectivity index (χ4v) is 1.46. The van der Waals surface area contributed by atoms with Gasteiger partial charge in [0.05, 0.1) is 5.52 Å². The molecule has 0 unspecified atom stereocenters. The molecule has 0 spiro atoms. The van der Waals surface area contributed by atoms with E-state index in [1.54, 1.807) is 0 Å². The predicted octanol–water partition coefficient (Wildman–Crippen LogP) is 1.71. The van der Waals surface area contributed by atoms with Crippen molar-refractivity contribution in [3.63, 3.8) is 0 Å². The van der Waals surface area contributed by atoms with Crippen LogP contribution in [0.1, 0.15) is 23.2 Å². The molecule has 0 aromatic carbocycles. The number of imidazole rings is 1. The van der Waals surface area contributed by atoms with Crippen LogP contribution in [-0.2, 0) is 6.42 Å². The average molecular weight is 174 g/mol. The zero-order valence-corrected chi connectivity index (χ0v) is 7.40. The third-order valence-electron chi connectivity index (χ3n) is 2.08. The molecule has 3 nitrogen and oxygen atoms in total. The van der Waals surface area contributed by atoms with Crippen LogP contribution in [0.4, 0.5) is 0 Å². The van der Waals surface area contributed by atoms with Crippen molar-refractivity contribution in [2.45, 2.75) is 13.3 Å². The van der Waals surface area contributed by atoms with Crippen LogP contribution in [0, 0.1) is 0 Å². The zero-order chi connectivity index (χ0) is 9.26. The van der Waals surface area contributed by atoms with Gasteiger partial charge in [-0.3, -0.25) is 4.79 Å². The molecule has 13 heavy (non-hydrogen) atoms. The predicted molar refractivity (Wildman–Crippen MR) is 50.0 cm³/mol. The Kier molecular flexibility index (Phi) is 1.85. The van der Waals surface area contributed by atoms with Crippen LogP contribution >= 0.6 is 0 Å². The second-order valence-corrected chi connectivity index (χ2v) is 2.84. The van der Waals surface area contributed by atoms with Crippen molar-refractivity contribution in [1.82, 2.24) is 9.38 Å². The molecule has 0 atom stereocenters. The van der Waals surface area contributed by atoms with Crippen LogP contribution in [0.25, 0.3) is 5.52 Å². The smallest absolute Gasteiger partial charge is 0.170 e. The maximum atomic E-state index is 10.7. The summed E-state index contributed by atoms with van der Waals surface area (Å²) in [5.74, 6) is 0.928. The summed E-state index contributed by atoms with van der Waals surface area (Å²) in [6.07, 6.45) is 3.56. The Bertz CT molecular complexity index is 445. The molecular weight excluding hydrogens is 164 g/mol. The molecule has 0 bridgehead atoms. The van der Waals surface area contributed by atoms with E-state index < -0.39 is 0 Å². The van der Waals surface area contributed by atoms with E-state index in [-0.39, 0.29) is 0 Å². The molecule has 0 saturated heterocycles. The van der Waals surface area contributed by atoms with Crippen molar-refractivity contribution >= 4 is 11.8 Å². The number of rotatable bonds is 2. The summed E-state index contributed by atoms with van der Waals surface area (Å²) in [7, 11) is 0. The van der Waals surface area contributed by atoms with Gasteiger partial charge in [0, 0.05) is 12.6 Å². The van der Waals surface area contributed by atoms with E-state index in [0.717, 1.165) is 24.0 Å². The van der Waals surface area contributed by atoms with Gasteiger partial charge in [0.15, 0.2) is 6.29 Å². The minimum atomic E-state index is 0.525. The number of carbonyl (C=O) groups excluding carboxylic acids is 1. The van der Waals surface area contributed by atoms with Gasteiger partial charge < -0.3 is 4.40 Å². The van der Waals surface area contributed by atoms with Crippen molar-refractivity contribution < 1.29 is 4.79 Å². The molecule has 0 aliphatic heterocycles. The first-order chi connectivity index (χ1) is 6.36. The number of aryl methyl sites for hydroxylation is 1. The van der Waals surface area contributed by atoms with Gasteiger partial charge in [-0.1, -0.05) is 13.0 Å². The lowest BCUT2D eigenvalue weighted by molar-refractivity contribution is 0.112. The first-order valence-electron chi connectivity index (χ1n) is 4.28. The summed E-state index contributed by atoms with van der Waals surface area (Å²) in [5.41, 5.74) is 1.41. The number of aromatic nitrogens is 2. The van der Waals surface area contributed by atoms with Gasteiger partial charge >= 0.3 is 0 Å². The second kappa shape index (κ2) is 3.01. The van der Waals surface area contributed by atoms with Gasteiger partial charge in [-0.05, 0) is 12.1 Å². The highest BCUT2D eigenvalue weighted by Gasteiger charge is 2.06. The van der Waals surface area contributed by atoms with Gasteiger partial charge in [0.2, 0.25) is 0 Å². The first-order valence-corrected chi connectivity index (χ1v) is 4.28. The largest absolute Gasteiger partial charge is 0.303 e. The lowest BCUT2D eigenvalue weighted by Gasteiger charge is -1.95. The summed E-state index contributed by atoms with van der Waals surface area (Å²) < 4.78 is 1.95. The third kappa shape index (κ3) is 1.13. The van der Waals surface area contributed by atoms with E-state index in [2.05, 4.69) is 4.98 Å². The highest BCUT2D eigenvalue weighted by Crippen LogP contribution is 2.11. The minimum Gasteiger partial charge on any atom is -0.303 e. The molecule has 3 heteroatoms. The van der Waals surface area contributed by atoms with Crippen LogP contribution in [0.2, 0.25) is 0 Å². The highest BCUT2D eigenvalue weighted by atomic mass is 16.1. The normalized spacial score (nSPS) is 10.5. The van der Waals surface area contributed by atoms with Crippen LogP contribution in [0.5, 0.6) is 0 Å². The summed E-state index contributed by atoms with van der Waals surface area (Å²) in [4.78, 5) is 14.9. The molecule has 0 aliphatic carbocycles. The molecule has 0 radical (unpaired) electrons. The molecule has 66 valence electrons. The molecule has 0 aliphatic rings. The standard InChI is InChI=1S/C10H10N2O/c1-2-10-11-8(7-13)9-5-3-4-6-12(9)10/h3-7H,2H2,1H3. The molecular formula is C10H10N2O. The van der Waals surface area contributed by atoms with Crippen LogP contribution in [-0.4, -0.2) is 15.7 Å². The molecule has 0 saturated carbocycles. The Labute approximate surface area is 76.0 Å². The monoisotopic (exact) mass is 174 g/mol. The fourth-order valence-electron chi connectivity index (χ4n) is 1.46. The summed E-state index contributed by atoms with van der Waals surface area (Å²) in [6.45, 7) is 2.02. The molecule has 0 fully saturated rings. The first kappa shape index (κ1) is 7.98. The quantitative estimate of drug-likeness (QED) is 0.649. The van der Waals surface area contributed by atoms with Gasteiger partial charge in [0.25, 0.3) is 0 Å². The number of aldehydes is 1. The molecule has 0 N–H and O–H groups in total. The van der Waals surface area contributed by atoms with Crippen molar-refractivity contribution in [3.8, 4) is 0 Å². The Morgan fingerprint density at radius 3 is 3.08 bits per heavy atom.